The van der Waals surface area contributed by atoms with Crippen LogP contribution in [0.4, 0.5) is 4.79 Å². The number of nitrogens with zero attached hydrogens (tertiary/aromatic N) is 4. The number of ether oxygens (including phenoxy) is 1. The summed E-state index contributed by atoms with van der Waals surface area (Å²) in [5.74, 6) is 0. The lowest BCUT2D eigenvalue weighted by Crippen LogP contribution is -2.47. The van der Waals surface area contributed by atoms with Crippen LogP contribution in [0.2, 0.25) is 0 Å². The highest BCUT2D eigenvalue weighted by atomic mass is 16.6. The Kier molecular flexibility index (Phi) is 7.23. The molecule has 3 aromatic rings. The van der Waals surface area contributed by atoms with Gasteiger partial charge < -0.3 is 14.7 Å². The van der Waals surface area contributed by atoms with Crippen molar-refractivity contribution >= 4 is 17.8 Å². The van der Waals surface area contributed by atoms with E-state index >= 15 is 0 Å². The number of rotatable bonds is 5. The molecular weight excluding hydrogens is 452 g/mol. The summed E-state index contributed by atoms with van der Waals surface area (Å²) in [5.41, 5.74) is 6.07. The van der Waals surface area contributed by atoms with E-state index in [-0.39, 0.29) is 6.09 Å². The Labute approximate surface area is 213 Å². The number of aryl methyl sites for hydroxylation is 3. The van der Waals surface area contributed by atoms with Gasteiger partial charge in [0, 0.05) is 36.5 Å². The number of amides is 1. The first-order valence-corrected chi connectivity index (χ1v) is 12.8. The molecule has 36 heavy (non-hydrogen) atoms. The molecule has 0 bridgehead atoms. The summed E-state index contributed by atoms with van der Waals surface area (Å²) in [6.07, 6.45) is 6.13. The largest absolute Gasteiger partial charge is 0.444 e. The standard InChI is InChI=1S/C29H38N4O3/c1-7-25-24(26-30-20(2)18-21(3)33(26)31-25)19-23-10-8-22(9-11-23)12-13-29(35)14-16-32(17-15-29)27(34)36-28(4,5)6/h8-13,18,35H,7,14-17,19H2,1-6H3/b13-12+. The summed E-state index contributed by atoms with van der Waals surface area (Å²) < 4.78 is 7.40. The third kappa shape index (κ3) is 5.95. The molecule has 1 aromatic carbocycles. The van der Waals surface area contributed by atoms with E-state index in [4.69, 9.17) is 14.8 Å². The number of carbonyl (C=O) groups excluding carboxylic acids is 1. The van der Waals surface area contributed by atoms with E-state index in [1.165, 1.54) is 11.1 Å². The minimum atomic E-state index is -0.925. The topological polar surface area (TPSA) is 80.0 Å². The van der Waals surface area contributed by atoms with E-state index in [1.54, 1.807) is 4.90 Å². The number of carbonyl (C=O) groups is 1. The molecule has 1 saturated heterocycles. The molecule has 0 aliphatic carbocycles. The average molecular weight is 491 g/mol. The van der Waals surface area contributed by atoms with Crippen LogP contribution < -0.4 is 0 Å². The van der Waals surface area contributed by atoms with Gasteiger partial charge in [0.2, 0.25) is 0 Å². The minimum Gasteiger partial charge on any atom is -0.444 e. The van der Waals surface area contributed by atoms with E-state index < -0.39 is 11.2 Å². The van der Waals surface area contributed by atoms with E-state index in [9.17, 15) is 9.90 Å². The lowest BCUT2D eigenvalue weighted by atomic mass is 9.90. The van der Waals surface area contributed by atoms with E-state index in [1.807, 2.05) is 44.4 Å². The van der Waals surface area contributed by atoms with Crippen LogP contribution in [-0.2, 0) is 17.6 Å². The fourth-order valence-corrected chi connectivity index (χ4v) is 4.65. The van der Waals surface area contributed by atoms with Gasteiger partial charge in [-0.05, 0) is 71.1 Å². The zero-order valence-corrected chi connectivity index (χ0v) is 22.3. The number of likely N-dealkylation sites (tertiary alicyclic amines) is 1. The number of hydrogen-bond donors (Lipinski definition) is 1. The Morgan fingerprint density at radius 3 is 2.44 bits per heavy atom. The Bertz CT molecular complexity index is 1260. The van der Waals surface area contributed by atoms with E-state index in [0.29, 0.717) is 25.9 Å². The van der Waals surface area contributed by atoms with Crippen molar-refractivity contribution in [3.63, 3.8) is 0 Å². The maximum atomic E-state index is 12.3. The molecule has 0 spiro atoms. The summed E-state index contributed by atoms with van der Waals surface area (Å²) in [4.78, 5) is 18.7. The molecule has 0 unspecified atom stereocenters. The molecular formula is C29H38N4O3. The normalized spacial score (nSPS) is 16.1. The second-order valence-electron chi connectivity index (χ2n) is 10.9. The molecule has 0 radical (unpaired) electrons. The molecule has 7 nitrogen and oxygen atoms in total. The molecule has 4 rings (SSSR count). The smallest absolute Gasteiger partial charge is 0.410 e. The van der Waals surface area contributed by atoms with Gasteiger partial charge in [-0.1, -0.05) is 43.3 Å². The Morgan fingerprint density at radius 1 is 1.17 bits per heavy atom. The molecule has 192 valence electrons. The maximum absolute atomic E-state index is 12.3. The van der Waals surface area contributed by atoms with Crippen LogP contribution in [0.25, 0.3) is 11.7 Å². The van der Waals surface area contributed by atoms with Crippen LogP contribution >= 0.6 is 0 Å². The molecule has 7 heteroatoms. The monoisotopic (exact) mass is 490 g/mol. The Balaban J connectivity index is 1.41. The number of hydrogen-bond acceptors (Lipinski definition) is 5. The predicted molar refractivity (Wildman–Crippen MR) is 142 cm³/mol. The van der Waals surface area contributed by atoms with Gasteiger partial charge in [-0.3, -0.25) is 0 Å². The zero-order chi connectivity index (χ0) is 26.1. The zero-order valence-electron chi connectivity index (χ0n) is 22.3. The maximum Gasteiger partial charge on any atom is 0.410 e. The fraction of sp³-hybridized carbons (Fsp3) is 0.483. The number of fused-ring (bicyclic) bond motifs is 1. The predicted octanol–water partition coefficient (Wildman–Crippen LogP) is 5.27. The average Bonchev–Trinajstić information content (AvgIpc) is 3.15. The highest BCUT2D eigenvalue weighted by molar-refractivity contribution is 5.68. The molecule has 1 aliphatic rings. The molecule has 1 fully saturated rings. The lowest BCUT2D eigenvalue weighted by molar-refractivity contribution is -0.00827. The first kappa shape index (κ1) is 25.9. The van der Waals surface area contributed by atoms with E-state index in [0.717, 1.165) is 41.1 Å². The van der Waals surface area contributed by atoms with Gasteiger partial charge in [0.25, 0.3) is 0 Å². The third-order valence-electron chi connectivity index (χ3n) is 6.64. The Morgan fingerprint density at radius 2 is 1.83 bits per heavy atom. The van der Waals surface area contributed by atoms with Gasteiger partial charge in [0.1, 0.15) is 5.60 Å². The summed E-state index contributed by atoms with van der Waals surface area (Å²) in [5, 5.41) is 15.8. The number of piperidine rings is 1. The van der Waals surface area contributed by atoms with Crippen LogP contribution in [0.5, 0.6) is 0 Å². The van der Waals surface area contributed by atoms with Gasteiger partial charge in [-0.25, -0.2) is 14.3 Å². The second kappa shape index (κ2) is 10.1. The van der Waals surface area contributed by atoms with Crippen molar-refractivity contribution in [2.24, 2.45) is 0 Å². The van der Waals surface area contributed by atoms with Gasteiger partial charge in [0.05, 0.1) is 11.3 Å². The van der Waals surface area contributed by atoms with Gasteiger partial charge >= 0.3 is 6.09 Å². The lowest BCUT2D eigenvalue weighted by Gasteiger charge is -2.37. The quantitative estimate of drug-likeness (QED) is 0.527. The molecule has 1 amide bonds. The number of aromatic nitrogens is 3. The first-order valence-electron chi connectivity index (χ1n) is 12.8. The van der Waals surface area contributed by atoms with Crippen LogP contribution in [0.1, 0.15) is 74.3 Å². The SMILES string of the molecule is CCc1nn2c(C)cc(C)nc2c1Cc1ccc(/C=C/C2(O)CCN(C(=O)OC(C)(C)C)CC2)cc1. The highest BCUT2D eigenvalue weighted by Gasteiger charge is 2.33. The molecule has 2 aromatic heterocycles. The molecule has 1 aliphatic heterocycles. The van der Waals surface area contributed by atoms with Crippen LogP contribution in [-0.4, -0.2) is 55.0 Å². The van der Waals surface area contributed by atoms with Crippen LogP contribution in [0.3, 0.4) is 0 Å². The molecule has 0 saturated carbocycles. The van der Waals surface area contributed by atoms with Crippen molar-refractivity contribution in [1.82, 2.24) is 19.5 Å². The number of benzene rings is 1. The van der Waals surface area contributed by atoms with Gasteiger partial charge in [-0.2, -0.15) is 5.10 Å². The highest BCUT2D eigenvalue weighted by Crippen LogP contribution is 2.26. The molecule has 0 atom stereocenters. The van der Waals surface area contributed by atoms with Gasteiger partial charge in [0.15, 0.2) is 5.65 Å². The van der Waals surface area contributed by atoms with Crippen LogP contribution in [0.15, 0.2) is 36.4 Å². The van der Waals surface area contributed by atoms with Crippen molar-refractivity contribution in [3.8, 4) is 0 Å². The number of aliphatic hydroxyl groups is 1. The summed E-state index contributed by atoms with van der Waals surface area (Å²) in [6.45, 7) is 12.7. The van der Waals surface area contributed by atoms with Crippen molar-refractivity contribution < 1.29 is 14.6 Å². The molecule has 1 N–H and O–H groups in total. The van der Waals surface area contributed by atoms with Crippen molar-refractivity contribution in [2.75, 3.05) is 13.1 Å². The molecule has 3 heterocycles. The van der Waals surface area contributed by atoms with Crippen molar-refractivity contribution in [3.05, 3.63) is 70.2 Å². The fourth-order valence-electron chi connectivity index (χ4n) is 4.65. The first-order chi connectivity index (χ1) is 17.0. The van der Waals surface area contributed by atoms with Crippen molar-refractivity contribution in [1.29, 1.82) is 0 Å². The van der Waals surface area contributed by atoms with Gasteiger partial charge in [-0.15, -0.1) is 0 Å². The summed E-state index contributed by atoms with van der Waals surface area (Å²) in [7, 11) is 0. The summed E-state index contributed by atoms with van der Waals surface area (Å²) >= 11 is 0. The minimum absolute atomic E-state index is 0.318. The van der Waals surface area contributed by atoms with Crippen molar-refractivity contribution in [2.45, 2.75) is 78.4 Å². The van der Waals surface area contributed by atoms with Crippen LogP contribution in [0, 0.1) is 13.8 Å². The summed E-state index contributed by atoms with van der Waals surface area (Å²) in [6, 6.07) is 10.5. The second-order valence-corrected chi connectivity index (χ2v) is 10.9. The van der Waals surface area contributed by atoms with E-state index in [2.05, 4.69) is 44.2 Å². The Hall–Kier alpha value is -3.19. The third-order valence-corrected chi connectivity index (χ3v) is 6.64.